The molecule has 1 N–H and O–H groups in total. The van der Waals surface area contributed by atoms with Crippen molar-refractivity contribution in [2.75, 3.05) is 5.32 Å². The minimum absolute atomic E-state index is 0.139. The molecule has 144 valence electrons. The molecule has 0 aromatic heterocycles. The van der Waals surface area contributed by atoms with E-state index in [1.54, 1.807) is 31.2 Å². The number of aryl methyl sites for hydroxylation is 1. The van der Waals surface area contributed by atoms with Gasteiger partial charge in [0.2, 0.25) is 0 Å². The lowest BCUT2D eigenvalue weighted by atomic mass is 10.1. The molecule has 0 saturated carbocycles. The summed E-state index contributed by atoms with van der Waals surface area (Å²) in [6.07, 6.45) is -0.101. The summed E-state index contributed by atoms with van der Waals surface area (Å²) in [6, 6.07) is 12.5. The smallest absolute Gasteiger partial charge is 0.347 e. The molecule has 2 aromatic rings. The summed E-state index contributed by atoms with van der Waals surface area (Å²) in [7, 11) is 0. The Kier molecular flexibility index (Phi) is 6.99. The van der Waals surface area contributed by atoms with Crippen LogP contribution in [0.15, 0.2) is 42.5 Å². The number of esters is 1. The van der Waals surface area contributed by atoms with Gasteiger partial charge in [-0.1, -0.05) is 19.1 Å². The molecule has 0 radical (unpaired) electrons. The first-order valence-electron chi connectivity index (χ1n) is 9.16. The Bertz CT molecular complexity index is 798. The molecule has 0 fully saturated rings. The van der Waals surface area contributed by atoms with Crippen LogP contribution in [0.5, 0.6) is 5.75 Å². The maximum absolute atomic E-state index is 12.4. The number of rotatable bonds is 7. The Balaban J connectivity index is 1.99. The van der Waals surface area contributed by atoms with E-state index in [0.29, 0.717) is 11.3 Å². The number of benzene rings is 2. The molecule has 0 bridgehead atoms. The molecule has 2 atom stereocenters. The second-order valence-electron chi connectivity index (χ2n) is 6.64. The SMILES string of the molecule is CCC(C)OC(=O)C(C)Oc1ccc(C(=O)Nc2cccc(C)c2C)cc1. The normalized spacial score (nSPS) is 12.8. The molecule has 0 spiro atoms. The van der Waals surface area contributed by atoms with Gasteiger partial charge in [0.25, 0.3) is 5.91 Å². The molecule has 0 aliphatic heterocycles. The van der Waals surface area contributed by atoms with Gasteiger partial charge in [-0.05, 0) is 75.6 Å². The summed E-state index contributed by atoms with van der Waals surface area (Å²) in [5.74, 6) is -0.0903. The predicted molar refractivity (Wildman–Crippen MR) is 106 cm³/mol. The fourth-order valence-electron chi connectivity index (χ4n) is 2.40. The van der Waals surface area contributed by atoms with Crippen molar-refractivity contribution >= 4 is 17.6 Å². The fraction of sp³-hybridized carbons (Fsp3) is 0.364. The topological polar surface area (TPSA) is 64.6 Å². The molecule has 2 aromatic carbocycles. The van der Waals surface area contributed by atoms with E-state index in [4.69, 9.17) is 9.47 Å². The van der Waals surface area contributed by atoms with Gasteiger partial charge < -0.3 is 14.8 Å². The van der Waals surface area contributed by atoms with E-state index in [-0.39, 0.29) is 12.0 Å². The number of carbonyl (C=O) groups excluding carboxylic acids is 2. The molecule has 0 heterocycles. The third kappa shape index (κ3) is 5.58. The van der Waals surface area contributed by atoms with Crippen LogP contribution in [0.1, 0.15) is 48.7 Å². The van der Waals surface area contributed by atoms with Crippen LogP contribution in [0.2, 0.25) is 0 Å². The van der Waals surface area contributed by atoms with Gasteiger partial charge >= 0.3 is 5.97 Å². The number of ether oxygens (including phenoxy) is 2. The lowest BCUT2D eigenvalue weighted by Crippen LogP contribution is -2.29. The van der Waals surface area contributed by atoms with E-state index in [1.807, 2.05) is 45.9 Å². The van der Waals surface area contributed by atoms with E-state index in [9.17, 15) is 9.59 Å². The second-order valence-corrected chi connectivity index (χ2v) is 6.64. The lowest BCUT2D eigenvalue weighted by molar-refractivity contribution is -0.155. The van der Waals surface area contributed by atoms with Crippen LogP contribution >= 0.6 is 0 Å². The minimum atomic E-state index is -0.714. The lowest BCUT2D eigenvalue weighted by Gasteiger charge is -2.17. The van der Waals surface area contributed by atoms with Crippen molar-refractivity contribution in [3.05, 3.63) is 59.2 Å². The molecule has 1 amide bonds. The highest BCUT2D eigenvalue weighted by molar-refractivity contribution is 6.04. The summed E-state index contributed by atoms with van der Waals surface area (Å²) in [6.45, 7) is 9.41. The van der Waals surface area contributed by atoms with Crippen molar-refractivity contribution in [3.63, 3.8) is 0 Å². The van der Waals surface area contributed by atoms with E-state index >= 15 is 0 Å². The van der Waals surface area contributed by atoms with Crippen LogP contribution in [0.3, 0.4) is 0 Å². The van der Waals surface area contributed by atoms with Crippen molar-refractivity contribution in [2.45, 2.75) is 53.2 Å². The van der Waals surface area contributed by atoms with Crippen LogP contribution in [0, 0.1) is 13.8 Å². The average molecular weight is 369 g/mol. The fourth-order valence-corrected chi connectivity index (χ4v) is 2.40. The second kappa shape index (κ2) is 9.21. The maximum Gasteiger partial charge on any atom is 0.347 e. The molecule has 0 aliphatic carbocycles. The number of hydrogen-bond donors (Lipinski definition) is 1. The summed E-state index contributed by atoms with van der Waals surface area (Å²) in [5.41, 5.74) is 3.47. The zero-order chi connectivity index (χ0) is 20.0. The summed E-state index contributed by atoms with van der Waals surface area (Å²) in [5, 5.41) is 2.92. The van der Waals surface area contributed by atoms with Gasteiger partial charge in [0.15, 0.2) is 6.10 Å². The van der Waals surface area contributed by atoms with Crippen molar-refractivity contribution in [1.29, 1.82) is 0 Å². The molecular weight excluding hydrogens is 342 g/mol. The van der Waals surface area contributed by atoms with Crippen LogP contribution in [0.25, 0.3) is 0 Å². The van der Waals surface area contributed by atoms with Gasteiger partial charge in [-0.2, -0.15) is 0 Å². The maximum atomic E-state index is 12.4. The van der Waals surface area contributed by atoms with Gasteiger partial charge in [0, 0.05) is 11.3 Å². The van der Waals surface area contributed by atoms with Crippen molar-refractivity contribution in [3.8, 4) is 5.75 Å². The zero-order valence-electron chi connectivity index (χ0n) is 16.5. The summed E-state index contributed by atoms with van der Waals surface area (Å²) < 4.78 is 10.9. The van der Waals surface area contributed by atoms with Crippen LogP contribution in [0.4, 0.5) is 5.69 Å². The quantitative estimate of drug-likeness (QED) is 0.721. The third-order valence-corrected chi connectivity index (χ3v) is 4.51. The Morgan fingerprint density at radius 1 is 1.04 bits per heavy atom. The molecule has 2 rings (SSSR count). The Labute approximate surface area is 160 Å². The monoisotopic (exact) mass is 369 g/mol. The minimum Gasteiger partial charge on any atom is -0.479 e. The number of hydrogen-bond acceptors (Lipinski definition) is 4. The van der Waals surface area contributed by atoms with Gasteiger partial charge in [0.1, 0.15) is 5.75 Å². The summed E-state index contributed by atoms with van der Waals surface area (Å²) in [4.78, 5) is 24.4. The molecule has 5 nitrogen and oxygen atoms in total. The largest absolute Gasteiger partial charge is 0.479 e. The molecule has 2 unspecified atom stereocenters. The van der Waals surface area contributed by atoms with Crippen LogP contribution < -0.4 is 10.1 Å². The summed E-state index contributed by atoms with van der Waals surface area (Å²) >= 11 is 0. The van der Waals surface area contributed by atoms with Crippen LogP contribution in [-0.4, -0.2) is 24.1 Å². The van der Waals surface area contributed by atoms with Gasteiger partial charge in [-0.25, -0.2) is 4.79 Å². The van der Waals surface area contributed by atoms with E-state index in [2.05, 4.69) is 5.32 Å². The molecule has 0 aliphatic rings. The van der Waals surface area contributed by atoms with Crippen LogP contribution in [-0.2, 0) is 9.53 Å². The van der Waals surface area contributed by atoms with Crippen molar-refractivity contribution in [2.24, 2.45) is 0 Å². The first kappa shape index (κ1) is 20.5. The van der Waals surface area contributed by atoms with Gasteiger partial charge in [-0.3, -0.25) is 4.79 Å². The average Bonchev–Trinajstić information content (AvgIpc) is 2.65. The predicted octanol–water partition coefficient (Wildman–Crippen LogP) is 4.66. The first-order chi connectivity index (χ1) is 12.8. The number of nitrogens with one attached hydrogen (secondary N) is 1. The Hall–Kier alpha value is -2.82. The highest BCUT2D eigenvalue weighted by atomic mass is 16.6. The molecular formula is C22H27NO4. The molecule has 27 heavy (non-hydrogen) atoms. The molecule has 0 saturated heterocycles. The zero-order valence-corrected chi connectivity index (χ0v) is 16.5. The highest BCUT2D eigenvalue weighted by Gasteiger charge is 2.18. The Morgan fingerprint density at radius 3 is 2.33 bits per heavy atom. The molecule has 5 heteroatoms. The van der Waals surface area contributed by atoms with E-state index < -0.39 is 12.1 Å². The van der Waals surface area contributed by atoms with Gasteiger partial charge in [0.05, 0.1) is 6.10 Å². The highest BCUT2D eigenvalue weighted by Crippen LogP contribution is 2.20. The Morgan fingerprint density at radius 2 is 1.70 bits per heavy atom. The third-order valence-electron chi connectivity index (χ3n) is 4.51. The number of amides is 1. The first-order valence-corrected chi connectivity index (χ1v) is 9.16. The van der Waals surface area contributed by atoms with E-state index in [0.717, 1.165) is 23.2 Å². The van der Waals surface area contributed by atoms with E-state index in [1.165, 1.54) is 0 Å². The van der Waals surface area contributed by atoms with Crippen molar-refractivity contribution < 1.29 is 19.1 Å². The number of anilines is 1. The standard InChI is InChI=1S/C22H27NO4/c1-6-15(3)26-22(25)17(5)27-19-12-10-18(11-13-19)21(24)23-20-9-7-8-14(2)16(20)4/h7-13,15,17H,6H2,1-5H3,(H,23,24). The van der Waals surface area contributed by atoms with Gasteiger partial charge in [-0.15, -0.1) is 0 Å². The van der Waals surface area contributed by atoms with Crippen molar-refractivity contribution in [1.82, 2.24) is 0 Å². The number of carbonyl (C=O) groups is 2.